The highest BCUT2D eigenvalue weighted by Crippen LogP contribution is 2.28. The third kappa shape index (κ3) is 2.82. The summed E-state index contributed by atoms with van der Waals surface area (Å²) >= 11 is 0. The van der Waals surface area contributed by atoms with E-state index in [1.165, 1.54) is 7.11 Å². The van der Waals surface area contributed by atoms with Crippen LogP contribution in [0.15, 0.2) is 0 Å². The SMILES string of the molecule is COC(=O)C1CCN(C(=O)C(C)N2C(C)CCC2C)C1. The van der Waals surface area contributed by atoms with Crippen LogP contribution in [0.5, 0.6) is 0 Å². The van der Waals surface area contributed by atoms with Crippen molar-refractivity contribution in [3.8, 4) is 0 Å². The fraction of sp³-hybridized carbons (Fsp3) is 0.867. The lowest BCUT2D eigenvalue weighted by Crippen LogP contribution is -2.50. The quantitative estimate of drug-likeness (QED) is 0.732. The summed E-state index contributed by atoms with van der Waals surface area (Å²) < 4.78 is 4.77. The van der Waals surface area contributed by atoms with Crippen molar-refractivity contribution in [2.24, 2.45) is 5.92 Å². The average Bonchev–Trinajstić information content (AvgIpc) is 3.04. The molecule has 4 unspecified atom stereocenters. The van der Waals surface area contributed by atoms with Crippen LogP contribution < -0.4 is 0 Å². The first-order valence-electron chi connectivity index (χ1n) is 7.59. The highest BCUT2D eigenvalue weighted by atomic mass is 16.5. The first-order valence-corrected chi connectivity index (χ1v) is 7.59. The molecule has 2 saturated heterocycles. The van der Waals surface area contributed by atoms with Gasteiger partial charge in [0.1, 0.15) is 0 Å². The summed E-state index contributed by atoms with van der Waals surface area (Å²) in [5.74, 6) is -0.197. The molecule has 20 heavy (non-hydrogen) atoms. The molecular weight excluding hydrogens is 256 g/mol. The van der Waals surface area contributed by atoms with E-state index in [1.807, 2.05) is 11.8 Å². The number of hydrogen-bond acceptors (Lipinski definition) is 4. The second-order valence-corrected chi connectivity index (χ2v) is 6.19. The summed E-state index contributed by atoms with van der Waals surface area (Å²) in [5.41, 5.74) is 0. The Morgan fingerprint density at radius 3 is 2.30 bits per heavy atom. The molecule has 2 aliphatic rings. The van der Waals surface area contributed by atoms with E-state index < -0.39 is 0 Å². The van der Waals surface area contributed by atoms with Crippen molar-refractivity contribution in [2.75, 3.05) is 20.2 Å². The Morgan fingerprint density at radius 1 is 1.15 bits per heavy atom. The van der Waals surface area contributed by atoms with Gasteiger partial charge in [0.25, 0.3) is 0 Å². The molecule has 0 radical (unpaired) electrons. The van der Waals surface area contributed by atoms with E-state index >= 15 is 0 Å². The molecule has 4 atom stereocenters. The lowest BCUT2D eigenvalue weighted by molar-refractivity contribution is -0.145. The van der Waals surface area contributed by atoms with Gasteiger partial charge in [-0.15, -0.1) is 0 Å². The highest BCUT2D eigenvalue weighted by Gasteiger charge is 2.39. The smallest absolute Gasteiger partial charge is 0.310 e. The van der Waals surface area contributed by atoms with Gasteiger partial charge in [0, 0.05) is 25.2 Å². The van der Waals surface area contributed by atoms with Gasteiger partial charge in [-0.1, -0.05) is 0 Å². The van der Waals surface area contributed by atoms with Crippen LogP contribution >= 0.6 is 0 Å². The molecule has 1 amide bonds. The normalized spacial score (nSPS) is 32.4. The van der Waals surface area contributed by atoms with Crippen LogP contribution in [0.1, 0.15) is 40.0 Å². The Morgan fingerprint density at radius 2 is 1.75 bits per heavy atom. The highest BCUT2D eigenvalue weighted by molar-refractivity contribution is 5.83. The maximum Gasteiger partial charge on any atom is 0.310 e. The molecule has 2 aliphatic heterocycles. The monoisotopic (exact) mass is 282 g/mol. The van der Waals surface area contributed by atoms with Crippen LogP contribution in [0, 0.1) is 5.92 Å². The van der Waals surface area contributed by atoms with Crippen LogP contribution in [-0.2, 0) is 14.3 Å². The molecule has 0 bridgehead atoms. The number of rotatable bonds is 3. The Hall–Kier alpha value is -1.10. The second-order valence-electron chi connectivity index (χ2n) is 6.19. The van der Waals surface area contributed by atoms with E-state index in [4.69, 9.17) is 4.74 Å². The van der Waals surface area contributed by atoms with Crippen molar-refractivity contribution in [3.05, 3.63) is 0 Å². The molecular formula is C15H26N2O3. The Kier molecular flexibility index (Phi) is 4.68. The zero-order chi connectivity index (χ0) is 14.9. The summed E-state index contributed by atoms with van der Waals surface area (Å²) in [6, 6.07) is 0.824. The lowest BCUT2D eigenvalue weighted by atomic mass is 10.1. The largest absolute Gasteiger partial charge is 0.469 e. The summed E-state index contributed by atoms with van der Waals surface area (Å²) in [4.78, 5) is 28.3. The van der Waals surface area contributed by atoms with Gasteiger partial charge in [-0.3, -0.25) is 14.5 Å². The maximum absolute atomic E-state index is 12.6. The average molecular weight is 282 g/mol. The molecule has 0 aromatic rings. The summed E-state index contributed by atoms with van der Waals surface area (Å²) in [6.45, 7) is 7.54. The maximum atomic E-state index is 12.6. The molecule has 0 spiro atoms. The van der Waals surface area contributed by atoms with Crippen LogP contribution in [0.4, 0.5) is 0 Å². The van der Waals surface area contributed by atoms with Gasteiger partial charge in [0.05, 0.1) is 19.1 Å². The van der Waals surface area contributed by atoms with Crippen LogP contribution in [0.25, 0.3) is 0 Å². The van der Waals surface area contributed by atoms with Crippen LogP contribution in [-0.4, -0.2) is 60.0 Å². The third-order valence-corrected chi connectivity index (χ3v) is 4.86. The van der Waals surface area contributed by atoms with Crippen LogP contribution in [0.2, 0.25) is 0 Å². The third-order valence-electron chi connectivity index (χ3n) is 4.86. The molecule has 0 N–H and O–H groups in total. The first-order chi connectivity index (χ1) is 9.45. The fourth-order valence-corrected chi connectivity index (χ4v) is 3.69. The van der Waals surface area contributed by atoms with Crippen molar-refractivity contribution in [1.82, 2.24) is 9.80 Å². The molecule has 0 aromatic heterocycles. The van der Waals surface area contributed by atoms with Crippen molar-refractivity contribution in [1.29, 1.82) is 0 Å². The van der Waals surface area contributed by atoms with E-state index in [0.29, 0.717) is 25.2 Å². The predicted octanol–water partition coefficient (Wildman–Crippen LogP) is 1.27. The van der Waals surface area contributed by atoms with Crippen LogP contribution in [0.3, 0.4) is 0 Å². The number of methoxy groups -OCH3 is 1. The zero-order valence-electron chi connectivity index (χ0n) is 13.0. The van der Waals surface area contributed by atoms with Gasteiger partial charge in [-0.05, 0) is 40.0 Å². The Balaban J connectivity index is 1.96. The van der Waals surface area contributed by atoms with Crippen molar-refractivity contribution in [2.45, 2.75) is 58.2 Å². The standard InChI is InChI=1S/C15H26N2O3/c1-10-5-6-11(2)17(10)12(3)14(18)16-8-7-13(9-16)15(19)20-4/h10-13H,5-9H2,1-4H3. The molecule has 5 nitrogen and oxygen atoms in total. The molecule has 2 rings (SSSR count). The first kappa shape index (κ1) is 15.3. The van der Waals surface area contributed by atoms with Gasteiger partial charge >= 0.3 is 5.97 Å². The van der Waals surface area contributed by atoms with E-state index in [-0.39, 0.29) is 23.8 Å². The molecule has 0 aromatic carbocycles. The van der Waals surface area contributed by atoms with E-state index in [1.54, 1.807) is 0 Å². The van der Waals surface area contributed by atoms with Crippen molar-refractivity contribution in [3.63, 3.8) is 0 Å². The van der Waals surface area contributed by atoms with Crippen molar-refractivity contribution >= 4 is 11.9 Å². The minimum Gasteiger partial charge on any atom is -0.469 e. The molecule has 114 valence electrons. The van der Waals surface area contributed by atoms with Crippen molar-refractivity contribution < 1.29 is 14.3 Å². The molecule has 2 heterocycles. The minimum atomic E-state index is -0.198. The Bertz CT molecular complexity index is 375. The Labute approximate surface area is 121 Å². The van der Waals surface area contributed by atoms with Gasteiger partial charge < -0.3 is 9.64 Å². The van der Waals surface area contributed by atoms with Gasteiger partial charge in [-0.25, -0.2) is 0 Å². The molecule has 0 saturated carbocycles. The number of esters is 1. The number of nitrogens with zero attached hydrogens (tertiary/aromatic N) is 2. The molecule has 2 fully saturated rings. The summed E-state index contributed by atoms with van der Waals surface area (Å²) in [5, 5.41) is 0. The number of amides is 1. The predicted molar refractivity (Wildman–Crippen MR) is 76.2 cm³/mol. The van der Waals surface area contributed by atoms with Gasteiger partial charge in [0.15, 0.2) is 0 Å². The minimum absolute atomic E-state index is 0.0982. The number of carbonyl (C=O) groups is 2. The number of likely N-dealkylation sites (tertiary alicyclic amines) is 2. The molecule has 5 heteroatoms. The van der Waals surface area contributed by atoms with E-state index in [2.05, 4.69) is 18.7 Å². The summed E-state index contributed by atoms with van der Waals surface area (Å²) in [6.07, 6.45) is 3.03. The number of ether oxygens (including phenoxy) is 1. The second kappa shape index (κ2) is 6.12. The zero-order valence-corrected chi connectivity index (χ0v) is 13.0. The van der Waals surface area contributed by atoms with Gasteiger partial charge in [0.2, 0.25) is 5.91 Å². The topological polar surface area (TPSA) is 49.9 Å². The van der Waals surface area contributed by atoms with E-state index in [9.17, 15) is 9.59 Å². The van der Waals surface area contributed by atoms with Gasteiger partial charge in [-0.2, -0.15) is 0 Å². The lowest BCUT2D eigenvalue weighted by Gasteiger charge is -2.34. The number of carbonyl (C=O) groups excluding carboxylic acids is 2. The number of hydrogen-bond donors (Lipinski definition) is 0. The molecule has 0 aliphatic carbocycles. The fourth-order valence-electron chi connectivity index (χ4n) is 3.69. The summed E-state index contributed by atoms with van der Waals surface area (Å²) in [7, 11) is 1.41. The van der Waals surface area contributed by atoms with E-state index in [0.717, 1.165) is 19.3 Å².